The summed E-state index contributed by atoms with van der Waals surface area (Å²) in [6.07, 6.45) is 1.78. The average molecular weight is 319 g/mol. The van der Waals surface area contributed by atoms with Gasteiger partial charge in [0.1, 0.15) is 5.69 Å². The number of aromatic nitrogens is 3. The summed E-state index contributed by atoms with van der Waals surface area (Å²) in [5.74, 6) is 0. The lowest BCUT2D eigenvalue weighted by Crippen LogP contribution is -2.20. The lowest BCUT2D eigenvalue weighted by atomic mass is 10.1. The number of thiophene rings is 1. The van der Waals surface area contributed by atoms with Crippen LogP contribution in [0, 0.1) is 0 Å². The molecule has 0 saturated carbocycles. The fourth-order valence-corrected chi connectivity index (χ4v) is 3.51. The fourth-order valence-electron chi connectivity index (χ4n) is 2.61. The van der Waals surface area contributed by atoms with Gasteiger partial charge in [-0.2, -0.15) is 5.10 Å². The molecular weight excluding hydrogens is 306 g/mol. The zero-order chi connectivity index (χ0) is 15.8. The first-order valence-corrected chi connectivity index (χ1v) is 8.08. The van der Waals surface area contributed by atoms with Crippen LogP contribution in [0.1, 0.15) is 0 Å². The van der Waals surface area contributed by atoms with Gasteiger partial charge in [-0.25, -0.2) is 4.68 Å². The van der Waals surface area contributed by atoms with Crippen molar-refractivity contribution in [1.82, 2.24) is 14.8 Å². The third-order valence-corrected chi connectivity index (χ3v) is 4.69. The summed E-state index contributed by atoms with van der Waals surface area (Å²) >= 11 is 1.61. The largest absolute Gasteiger partial charge is 0.274 e. The summed E-state index contributed by atoms with van der Waals surface area (Å²) in [7, 11) is 1.69. The molecule has 0 fully saturated rings. The molecule has 0 aliphatic heterocycles. The quantitative estimate of drug-likeness (QED) is 0.566. The standard InChI is InChI=1S/C18H13N3OS/c1-21-18(22)14-7-3-2-6-13(14)17(20-21)16-10-12(11-23-16)15-8-4-5-9-19-15/h2-11H,1H3. The van der Waals surface area contributed by atoms with Crippen LogP contribution in [0.15, 0.2) is 64.9 Å². The minimum absolute atomic E-state index is 0.0779. The minimum Gasteiger partial charge on any atom is -0.267 e. The third-order valence-electron chi connectivity index (χ3n) is 3.75. The Balaban J connectivity index is 1.93. The lowest BCUT2D eigenvalue weighted by molar-refractivity contribution is 0.723. The highest BCUT2D eigenvalue weighted by Crippen LogP contribution is 2.33. The van der Waals surface area contributed by atoms with Crippen LogP contribution in [0.4, 0.5) is 0 Å². The van der Waals surface area contributed by atoms with Gasteiger partial charge in [-0.05, 0) is 24.3 Å². The smallest absolute Gasteiger partial charge is 0.267 e. The molecule has 4 rings (SSSR count). The van der Waals surface area contributed by atoms with Gasteiger partial charge in [0.25, 0.3) is 5.56 Å². The van der Waals surface area contributed by atoms with Crippen LogP contribution < -0.4 is 5.56 Å². The summed E-state index contributed by atoms with van der Waals surface area (Å²) < 4.78 is 1.40. The summed E-state index contributed by atoms with van der Waals surface area (Å²) in [5.41, 5.74) is 2.75. The van der Waals surface area contributed by atoms with E-state index in [1.165, 1.54) is 4.68 Å². The topological polar surface area (TPSA) is 47.8 Å². The Morgan fingerprint density at radius 3 is 2.61 bits per heavy atom. The molecule has 0 unspecified atom stereocenters. The van der Waals surface area contributed by atoms with Crippen LogP contribution in [0.3, 0.4) is 0 Å². The van der Waals surface area contributed by atoms with E-state index in [9.17, 15) is 4.79 Å². The summed E-state index contributed by atoms with van der Waals surface area (Å²) in [4.78, 5) is 17.6. The normalized spacial score (nSPS) is 11.0. The van der Waals surface area contributed by atoms with E-state index < -0.39 is 0 Å². The molecule has 0 amide bonds. The van der Waals surface area contributed by atoms with Gasteiger partial charge >= 0.3 is 0 Å². The van der Waals surface area contributed by atoms with Gasteiger partial charge in [0.15, 0.2) is 0 Å². The Morgan fingerprint density at radius 1 is 1.04 bits per heavy atom. The maximum Gasteiger partial charge on any atom is 0.274 e. The fraction of sp³-hybridized carbons (Fsp3) is 0.0556. The Labute approximate surface area is 136 Å². The average Bonchev–Trinajstić information content (AvgIpc) is 3.09. The second-order valence-electron chi connectivity index (χ2n) is 5.24. The van der Waals surface area contributed by atoms with Gasteiger partial charge in [-0.3, -0.25) is 9.78 Å². The van der Waals surface area contributed by atoms with Crippen molar-refractivity contribution in [2.24, 2.45) is 7.05 Å². The van der Waals surface area contributed by atoms with E-state index in [2.05, 4.69) is 21.5 Å². The van der Waals surface area contributed by atoms with Gasteiger partial charge in [0.05, 0.1) is 16.0 Å². The molecule has 0 aliphatic rings. The summed E-state index contributed by atoms with van der Waals surface area (Å²) in [6.45, 7) is 0. The van der Waals surface area contributed by atoms with Crippen molar-refractivity contribution in [3.63, 3.8) is 0 Å². The zero-order valence-corrected chi connectivity index (χ0v) is 13.2. The summed E-state index contributed by atoms with van der Waals surface area (Å²) in [6, 6.07) is 15.5. The first-order valence-electron chi connectivity index (χ1n) is 7.20. The molecule has 0 bridgehead atoms. The number of hydrogen-bond donors (Lipinski definition) is 0. The molecule has 0 atom stereocenters. The maximum atomic E-state index is 12.2. The van der Waals surface area contributed by atoms with E-state index >= 15 is 0 Å². The van der Waals surface area contributed by atoms with Crippen molar-refractivity contribution < 1.29 is 0 Å². The first kappa shape index (κ1) is 13.8. The number of aryl methyl sites for hydroxylation is 1. The van der Waals surface area contributed by atoms with Crippen molar-refractivity contribution >= 4 is 22.1 Å². The van der Waals surface area contributed by atoms with Crippen LogP contribution in [0.25, 0.3) is 32.6 Å². The van der Waals surface area contributed by atoms with Crippen LogP contribution in [-0.2, 0) is 7.05 Å². The van der Waals surface area contributed by atoms with Crippen molar-refractivity contribution in [2.75, 3.05) is 0 Å². The molecular formula is C18H13N3OS. The van der Waals surface area contributed by atoms with Gasteiger partial charge in [0, 0.05) is 29.6 Å². The molecule has 4 nitrogen and oxygen atoms in total. The monoisotopic (exact) mass is 319 g/mol. The van der Waals surface area contributed by atoms with Crippen LogP contribution in [0.2, 0.25) is 0 Å². The van der Waals surface area contributed by atoms with Crippen LogP contribution in [-0.4, -0.2) is 14.8 Å². The molecule has 0 saturated heterocycles. The predicted molar refractivity (Wildman–Crippen MR) is 93.5 cm³/mol. The molecule has 23 heavy (non-hydrogen) atoms. The lowest BCUT2D eigenvalue weighted by Gasteiger charge is -2.06. The van der Waals surface area contributed by atoms with Crippen molar-refractivity contribution in [3.05, 3.63) is 70.5 Å². The van der Waals surface area contributed by atoms with Crippen molar-refractivity contribution in [1.29, 1.82) is 0 Å². The predicted octanol–water partition coefficient (Wildman–Crippen LogP) is 3.72. The van der Waals surface area contributed by atoms with E-state index in [-0.39, 0.29) is 5.56 Å². The molecule has 0 radical (unpaired) electrons. The highest BCUT2D eigenvalue weighted by molar-refractivity contribution is 7.14. The third kappa shape index (κ3) is 2.35. The molecule has 0 aliphatic carbocycles. The van der Waals surface area contributed by atoms with Gasteiger partial charge < -0.3 is 0 Å². The zero-order valence-electron chi connectivity index (χ0n) is 12.4. The highest BCUT2D eigenvalue weighted by atomic mass is 32.1. The van der Waals surface area contributed by atoms with E-state index in [0.29, 0.717) is 5.39 Å². The molecule has 0 N–H and O–H groups in total. The Hall–Kier alpha value is -2.79. The van der Waals surface area contributed by atoms with Gasteiger partial charge in [0.2, 0.25) is 0 Å². The maximum absolute atomic E-state index is 12.2. The molecule has 3 heterocycles. The second-order valence-corrected chi connectivity index (χ2v) is 6.15. The second kappa shape index (κ2) is 5.44. The Morgan fingerprint density at radius 2 is 1.83 bits per heavy atom. The number of pyridine rings is 1. The van der Waals surface area contributed by atoms with E-state index in [0.717, 1.165) is 27.2 Å². The number of hydrogen-bond acceptors (Lipinski definition) is 4. The Kier molecular flexibility index (Phi) is 3.28. The Bertz CT molecular complexity index is 1050. The number of nitrogens with zero attached hydrogens (tertiary/aromatic N) is 3. The van der Waals surface area contributed by atoms with E-state index in [1.54, 1.807) is 24.6 Å². The number of benzene rings is 1. The highest BCUT2D eigenvalue weighted by Gasteiger charge is 2.13. The minimum atomic E-state index is -0.0779. The number of fused-ring (bicyclic) bond motifs is 1. The van der Waals surface area contributed by atoms with Gasteiger partial charge in [-0.15, -0.1) is 11.3 Å². The van der Waals surface area contributed by atoms with Crippen LogP contribution in [0.5, 0.6) is 0 Å². The summed E-state index contributed by atoms with van der Waals surface area (Å²) in [5, 5.41) is 8.11. The molecule has 3 aromatic heterocycles. The number of rotatable bonds is 2. The molecule has 5 heteroatoms. The SMILES string of the molecule is Cn1nc(-c2cc(-c3ccccn3)cs2)c2ccccc2c1=O. The molecule has 1 aromatic carbocycles. The van der Waals surface area contributed by atoms with Crippen LogP contribution >= 0.6 is 11.3 Å². The molecule has 4 aromatic rings. The van der Waals surface area contributed by atoms with Crippen molar-refractivity contribution in [2.45, 2.75) is 0 Å². The van der Waals surface area contributed by atoms with Gasteiger partial charge in [-0.1, -0.05) is 24.3 Å². The first-order chi connectivity index (χ1) is 11.2. The van der Waals surface area contributed by atoms with E-state index in [1.807, 2.05) is 42.5 Å². The molecule has 112 valence electrons. The molecule has 0 spiro atoms. The van der Waals surface area contributed by atoms with E-state index in [4.69, 9.17) is 0 Å². The van der Waals surface area contributed by atoms with Crippen molar-refractivity contribution in [3.8, 4) is 21.8 Å².